The highest BCUT2D eigenvalue weighted by Crippen LogP contribution is 2.26. The minimum Gasteiger partial charge on any atom is -0.372 e. The lowest BCUT2D eigenvalue weighted by molar-refractivity contribution is 0.427. The van der Waals surface area contributed by atoms with Gasteiger partial charge in [-0.25, -0.2) is 0 Å². The molecule has 0 radical (unpaired) electrons. The van der Waals surface area contributed by atoms with E-state index in [2.05, 4.69) is 43.1 Å². The van der Waals surface area contributed by atoms with Gasteiger partial charge in [0.15, 0.2) is 0 Å². The Bertz CT molecular complexity index is 309. The van der Waals surface area contributed by atoms with Gasteiger partial charge in [-0.15, -0.1) is 0 Å². The summed E-state index contributed by atoms with van der Waals surface area (Å²) in [6.07, 6.45) is 8.11. The first-order valence-electron chi connectivity index (χ1n) is 7.63. The zero-order valence-electron chi connectivity index (χ0n) is 12.6. The zero-order chi connectivity index (χ0) is 13.4. The molecule has 0 spiro atoms. The third-order valence-electron chi connectivity index (χ3n) is 3.87. The van der Waals surface area contributed by atoms with Crippen molar-refractivity contribution in [3.05, 3.63) is 29.8 Å². The monoisotopic (exact) mass is 247 g/mol. The highest BCUT2D eigenvalue weighted by atomic mass is 15.1. The number of rotatable bonds is 3. The lowest BCUT2D eigenvalue weighted by atomic mass is 9.94. The highest BCUT2D eigenvalue weighted by Gasteiger charge is 2.17. The summed E-state index contributed by atoms with van der Waals surface area (Å²) in [5.41, 5.74) is 2.81. The maximum atomic E-state index is 2.47. The molecule has 0 bridgehead atoms. The van der Waals surface area contributed by atoms with E-state index in [1.807, 2.05) is 13.8 Å². The molecule has 0 heterocycles. The standard InChI is InChI=1S/C15H23N.C2H6/c1-3-13-9-11-15(12-10-13)16(2)14-7-5-4-6-8-14;1-2/h9-12,14H,3-8H2,1-2H3;1-2H3. The van der Waals surface area contributed by atoms with E-state index in [9.17, 15) is 0 Å². The quantitative estimate of drug-likeness (QED) is 0.723. The fraction of sp³-hybridized carbons (Fsp3) is 0.647. The Hall–Kier alpha value is -0.980. The summed E-state index contributed by atoms with van der Waals surface area (Å²) in [4.78, 5) is 2.47. The molecule has 1 fully saturated rings. The van der Waals surface area contributed by atoms with Crippen LogP contribution >= 0.6 is 0 Å². The lowest BCUT2D eigenvalue weighted by Crippen LogP contribution is -2.33. The minimum absolute atomic E-state index is 0.765. The molecule has 1 aliphatic rings. The van der Waals surface area contributed by atoms with Crippen LogP contribution in [-0.2, 0) is 6.42 Å². The summed E-state index contributed by atoms with van der Waals surface area (Å²) >= 11 is 0. The summed E-state index contributed by atoms with van der Waals surface area (Å²) in [6.45, 7) is 6.21. The zero-order valence-corrected chi connectivity index (χ0v) is 12.6. The van der Waals surface area contributed by atoms with Gasteiger partial charge in [0.2, 0.25) is 0 Å². The summed E-state index contributed by atoms with van der Waals surface area (Å²) < 4.78 is 0. The molecule has 0 aromatic heterocycles. The molecule has 0 atom stereocenters. The van der Waals surface area contributed by atoms with Gasteiger partial charge in [-0.1, -0.05) is 52.2 Å². The van der Waals surface area contributed by atoms with Gasteiger partial charge in [-0.2, -0.15) is 0 Å². The Morgan fingerprint density at radius 1 is 1.00 bits per heavy atom. The van der Waals surface area contributed by atoms with E-state index in [0.717, 1.165) is 12.5 Å². The molecule has 2 rings (SSSR count). The Labute approximate surface area is 113 Å². The summed E-state index contributed by atoms with van der Waals surface area (Å²) in [5.74, 6) is 0. The molecule has 0 aliphatic heterocycles. The first kappa shape index (κ1) is 15.1. The molecule has 0 N–H and O–H groups in total. The van der Waals surface area contributed by atoms with Gasteiger partial charge in [0.1, 0.15) is 0 Å². The van der Waals surface area contributed by atoms with Gasteiger partial charge in [0.25, 0.3) is 0 Å². The highest BCUT2D eigenvalue weighted by molar-refractivity contribution is 5.47. The molecule has 1 aromatic rings. The average Bonchev–Trinajstić information content (AvgIpc) is 2.49. The first-order chi connectivity index (χ1) is 8.81. The normalized spacial score (nSPS) is 15.8. The Morgan fingerprint density at radius 3 is 2.06 bits per heavy atom. The van der Waals surface area contributed by atoms with Crippen molar-refractivity contribution < 1.29 is 0 Å². The van der Waals surface area contributed by atoms with Crippen molar-refractivity contribution in [1.29, 1.82) is 0 Å². The second kappa shape index (κ2) is 8.18. The molecule has 18 heavy (non-hydrogen) atoms. The van der Waals surface area contributed by atoms with Gasteiger partial charge < -0.3 is 4.90 Å². The maximum absolute atomic E-state index is 2.47. The van der Waals surface area contributed by atoms with E-state index >= 15 is 0 Å². The number of hydrogen-bond acceptors (Lipinski definition) is 1. The van der Waals surface area contributed by atoms with E-state index in [4.69, 9.17) is 0 Å². The van der Waals surface area contributed by atoms with Gasteiger partial charge in [0.05, 0.1) is 0 Å². The fourth-order valence-corrected chi connectivity index (χ4v) is 2.65. The van der Waals surface area contributed by atoms with Gasteiger partial charge in [0, 0.05) is 18.8 Å². The van der Waals surface area contributed by atoms with Crippen LogP contribution in [0.5, 0.6) is 0 Å². The Balaban J connectivity index is 0.000000771. The molecule has 0 amide bonds. The topological polar surface area (TPSA) is 3.24 Å². The molecule has 102 valence electrons. The fourth-order valence-electron chi connectivity index (χ4n) is 2.65. The number of aryl methyl sites for hydroxylation is 1. The summed E-state index contributed by atoms with van der Waals surface area (Å²) in [5, 5.41) is 0. The van der Waals surface area contributed by atoms with Crippen molar-refractivity contribution in [2.24, 2.45) is 0 Å². The third-order valence-corrected chi connectivity index (χ3v) is 3.87. The van der Waals surface area contributed by atoms with Crippen LogP contribution in [0, 0.1) is 0 Å². The molecule has 0 saturated heterocycles. The smallest absolute Gasteiger partial charge is 0.0366 e. The molecule has 1 aliphatic carbocycles. The predicted octanol–water partition coefficient (Wildman–Crippen LogP) is 5.04. The SMILES string of the molecule is CC.CCc1ccc(N(C)C2CCCCC2)cc1. The van der Waals surface area contributed by atoms with Crippen molar-refractivity contribution in [1.82, 2.24) is 0 Å². The Morgan fingerprint density at radius 2 is 1.56 bits per heavy atom. The second-order valence-electron chi connectivity index (χ2n) is 4.92. The van der Waals surface area contributed by atoms with Crippen LogP contribution < -0.4 is 4.90 Å². The molecule has 0 unspecified atom stereocenters. The molecular formula is C17H29N. The van der Waals surface area contributed by atoms with Crippen molar-refractivity contribution in [3.8, 4) is 0 Å². The van der Waals surface area contributed by atoms with Crippen LogP contribution in [0.3, 0.4) is 0 Å². The van der Waals surface area contributed by atoms with Crippen molar-refractivity contribution in [3.63, 3.8) is 0 Å². The summed E-state index contributed by atoms with van der Waals surface area (Å²) in [6, 6.07) is 9.82. The third kappa shape index (κ3) is 4.04. The van der Waals surface area contributed by atoms with E-state index in [-0.39, 0.29) is 0 Å². The van der Waals surface area contributed by atoms with E-state index in [1.54, 1.807) is 0 Å². The van der Waals surface area contributed by atoms with E-state index in [0.29, 0.717) is 0 Å². The largest absolute Gasteiger partial charge is 0.372 e. The molecule has 1 aromatic carbocycles. The van der Waals surface area contributed by atoms with Gasteiger partial charge >= 0.3 is 0 Å². The van der Waals surface area contributed by atoms with Crippen LogP contribution in [0.25, 0.3) is 0 Å². The number of hydrogen-bond donors (Lipinski definition) is 0. The number of nitrogens with zero attached hydrogens (tertiary/aromatic N) is 1. The van der Waals surface area contributed by atoms with Crippen molar-refractivity contribution in [2.75, 3.05) is 11.9 Å². The van der Waals surface area contributed by atoms with Gasteiger partial charge in [-0.05, 0) is 37.0 Å². The van der Waals surface area contributed by atoms with Crippen molar-refractivity contribution >= 4 is 5.69 Å². The number of benzene rings is 1. The maximum Gasteiger partial charge on any atom is 0.0366 e. The Kier molecular flexibility index (Phi) is 6.85. The van der Waals surface area contributed by atoms with Crippen LogP contribution in [0.2, 0.25) is 0 Å². The molecular weight excluding hydrogens is 218 g/mol. The lowest BCUT2D eigenvalue weighted by Gasteiger charge is -2.33. The van der Waals surface area contributed by atoms with Gasteiger partial charge in [-0.3, -0.25) is 0 Å². The summed E-state index contributed by atoms with van der Waals surface area (Å²) in [7, 11) is 2.25. The minimum atomic E-state index is 0.765. The predicted molar refractivity (Wildman–Crippen MR) is 82.4 cm³/mol. The molecule has 1 saturated carbocycles. The average molecular weight is 247 g/mol. The van der Waals surface area contributed by atoms with E-state index < -0.39 is 0 Å². The van der Waals surface area contributed by atoms with Crippen LogP contribution in [0.4, 0.5) is 5.69 Å². The van der Waals surface area contributed by atoms with Crippen LogP contribution in [0.1, 0.15) is 58.4 Å². The van der Waals surface area contributed by atoms with Crippen LogP contribution in [-0.4, -0.2) is 13.1 Å². The van der Waals surface area contributed by atoms with E-state index in [1.165, 1.54) is 43.4 Å². The molecule has 1 heteroatoms. The number of anilines is 1. The first-order valence-corrected chi connectivity index (χ1v) is 7.63. The molecule has 1 nitrogen and oxygen atoms in total. The van der Waals surface area contributed by atoms with Crippen molar-refractivity contribution in [2.45, 2.75) is 65.3 Å². The second-order valence-corrected chi connectivity index (χ2v) is 4.92. The van der Waals surface area contributed by atoms with Crippen LogP contribution in [0.15, 0.2) is 24.3 Å².